The first kappa shape index (κ1) is 19.1. The number of benzene rings is 1. The lowest BCUT2D eigenvalue weighted by Gasteiger charge is -2.34. The number of carbonyl (C=O) groups excluding carboxylic acids is 1. The highest BCUT2D eigenvalue weighted by Gasteiger charge is 2.37. The van der Waals surface area contributed by atoms with Crippen molar-refractivity contribution in [3.8, 4) is 0 Å². The fraction of sp³-hybridized carbons (Fsp3) is 0.524. The zero-order valence-corrected chi connectivity index (χ0v) is 15.9. The van der Waals surface area contributed by atoms with Crippen LogP contribution in [0, 0.1) is 5.82 Å². The van der Waals surface area contributed by atoms with E-state index in [1.807, 2.05) is 10.9 Å². The molecule has 1 saturated heterocycles. The van der Waals surface area contributed by atoms with Gasteiger partial charge in [0.15, 0.2) is 0 Å². The number of anilines is 1. The summed E-state index contributed by atoms with van der Waals surface area (Å²) in [5.74, 6) is -0.797. The van der Waals surface area contributed by atoms with Gasteiger partial charge in [-0.05, 0) is 37.5 Å². The van der Waals surface area contributed by atoms with Crippen LogP contribution in [0.15, 0.2) is 36.7 Å². The third-order valence-electron chi connectivity index (χ3n) is 6.01. The SMILES string of the molecule is O=C(Nc1cnn([C@H]2C[C@@H](CO)N(C3CCCCC3)C2)c1)c1cccc(F)c1. The average molecular weight is 386 g/mol. The van der Waals surface area contributed by atoms with E-state index in [-0.39, 0.29) is 30.2 Å². The van der Waals surface area contributed by atoms with E-state index in [1.165, 1.54) is 50.3 Å². The summed E-state index contributed by atoms with van der Waals surface area (Å²) in [4.78, 5) is 14.8. The van der Waals surface area contributed by atoms with Crippen LogP contribution in [0.3, 0.4) is 0 Å². The van der Waals surface area contributed by atoms with Crippen molar-refractivity contribution in [3.63, 3.8) is 0 Å². The topological polar surface area (TPSA) is 70.4 Å². The monoisotopic (exact) mass is 386 g/mol. The zero-order chi connectivity index (χ0) is 19.5. The highest BCUT2D eigenvalue weighted by molar-refractivity contribution is 6.04. The van der Waals surface area contributed by atoms with Gasteiger partial charge in [-0.1, -0.05) is 25.3 Å². The Morgan fingerprint density at radius 3 is 2.82 bits per heavy atom. The third kappa shape index (κ3) is 4.10. The van der Waals surface area contributed by atoms with Crippen molar-refractivity contribution in [1.82, 2.24) is 14.7 Å². The van der Waals surface area contributed by atoms with Gasteiger partial charge in [0.05, 0.1) is 24.5 Å². The summed E-state index contributed by atoms with van der Waals surface area (Å²) in [6.45, 7) is 1.03. The van der Waals surface area contributed by atoms with Crippen molar-refractivity contribution in [2.75, 3.05) is 18.5 Å². The van der Waals surface area contributed by atoms with Crippen molar-refractivity contribution in [2.45, 2.75) is 56.7 Å². The van der Waals surface area contributed by atoms with Crippen molar-refractivity contribution >= 4 is 11.6 Å². The van der Waals surface area contributed by atoms with Crippen LogP contribution in [0.2, 0.25) is 0 Å². The number of halogens is 1. The molecule has 150 valence electrons. The van der Waals surface area contributed by atoms with E-state index >= 15 is 0 Å². The fourth-order valence-corrected chi connectivity index (χ4v) is 4.58. The predicted octanol–water partition coefficient (Wildman–Crippen LogP) is 3.21. The Kier molecular flexibility index (Phi) is 5.73. The van der Waals surface area contributed by atoms with Crippen LogP contribution in [0.4, 0.5) is 10.1 Å². The molecule has 6 nitrogen and oxygen atoms in total. The van der Waals surface area contributed by atoms with E-state index in [9.17, 15) is 14.3 Å². The molecule has 7 heteroatoms. The van der Waals surface area contributed by atoms with Crippen molar-refractivity contribution < 1.29 is 14.3 Å². The number of rotatable bonds is 5. The highest BCUT2D eigenvalue weighted by Crippen LogP contribution is 2.34. The minimum atomic E-state index is -0.438. The van der Waals surface area contributed by atoms with Gasteiger partial charge < -0.3 is 10.4 Å². The van der Waals surface area contributed by atoms with Gasteiger partial charge in [0, 0.05) is 30.4 Å². The maximum Gasteiger partial charge on any atom is 0.255 e. The van der Waals surface area contributed by atoms with Gasteiger partial charge in [-0.15, -0.1) is 0 Å². The Balaban J connectivity index is 1.41. The zero-order valence-electron chi connectivity index (χ0n) is 15.9. The maximum atomic E-state index is 13.3. The molecule has 0 radical (unpaired) electrons. The molecule has 1 aliphatic carbocycles. The minimum absolute atomic E-state index is 0.164. The minimum Gasteiger partial charge on any atom is -0.395 e. The molecular formula is C21H27FN4O2. The van der Waals surface area contributed by atoms with Crippen LogP contribution in [-0.4, -0.2) is 50.9 Å². The molecule has 2 fully saturated rings. The Bertz CT molecular complexity index is 818. The molecule has 1 aromatic heterocycles. The summed E-state index contributed by atoms with van der Waals surface area (Å²) < 4.78 is 15.2. The first-order valence-electron chi connectivity index (χ1n) is 10.1. The van der Waals surface area contributed by atoms with Gasteiger partial charge in [0.25, 0.3) is 5.91 Å². The molecule has 2 atom stereocenters. The summed E-state index contributed by atoms with van der Waals surface area (Å²) >= 11 is 0. The van der Waals surface area contributed by atoms with Gasteiger partial charge in [-0.3, -0.25) is 14.4 Å². The molecule has 0 bridgehead atoms. The molecule has 4 rings (SSSR count). The molecule has 28 heavy (non-hydrogen) atoms. The third-order valence-corrected chi connectivity index (χ3v) is 6.01. The molecule has 1 saturated carbocycles. The smallest absolute Gasteiger partial charge is 0.255 e. The number of aliphatic hydroxyl groups is 1. The second-order valence-electron chi connectivity index (χ2n) is 7.89. The van der Waals surface area contributed by atoms with Crippen LogP contribution in [-0.2, 0) is 0 Å². The first-order valence-corrected chi connectivity index (χ1v) is 10.1. The first-order chi connectivity index (χ1) is 13.6. The average Bonchev–Trinajstić information content (AvgIpc) is 3.35. The van der Waals surface area contributed by atoms with E-state index in [1.54, 1.807) is 12.3 Å². The molecule has 0 spiro atoms. The van der Waals surface area contributed by atoms with Crippen LogP contribution in [0.5, 0.6) is 0 Å². The van der Waals surface area contributed by atoms with Crippen LogP contribution in [0.1, 0.15) is 54.9 Å². The van der Waals surface area contributed by atoms with E-state index in [4.69, 9.17) is 0 Å². The molecular weight excluding hydrogens is 359 g/mol. The van der Waals surface area contributed by atoms with Crippen LogP contribution >= 0.6 is 0 Å². The van der Waals surface area contributed by atoms with Gasteiger partial charge in [0.2, 0.25) is 0 Å². The van der Waals surface area contributed by atoms with Crippen molar-refractivity contribution in [3.05, 3.63) is 48.0 Å². The molecule has 0 unspecified atom stereocenters. The number of aliphatic hydroxyl groups excluding tert-OH is 1. The van der Waals surface area contributed by atoms with E-state index < -0.39 is 5.82 Å². The van der Waals surface area contributed by atoms with E-state index in [0.29, 0.717) is 11.7 Å². The molecule has 1 aromatic carbocycles. The van der Waals surface area contributed by atoms with Crippen LogP contribution < -0.4 is 5.32 Å². The number of hydrogen-bond donors (Lipinski definition) is 2. The molecule has 2 aliphatic rings. The summed E-state index contributed by atoms with van der Waals surface area (Å²) in [7, 11) is 0. The number of nitrogens with zero attached hydrogens (tertiary/aromatic N) is 3. The van der Waals surface area contributed by atoms with E-state index in [2.05, 4.69) is 15.3 Å². The molecule has 2 heterocycles. The lowest BCUT2D eigenvalue weighted by atomic mass is 9.94. The number of aromatic nitrogens is 2. The van der Waals surface area contributed by atoms with Gasteiger partial charge in [-0.2, -0.15) is 5.10 Å². The lowest BCUT2D eigenvalue weighted by Crippen LogP contribution is -2.42. The lowest BCUT2D eigenvalue weighted by molar-refractivity contribution is 0.0971. The highest BCUT2D eigenvalue weighted by atomic mass is 19.1. The Hall–Kier alpha value is -2.25. The summed E-state index contributed by atoms with van der Waals surface area (Å²) in [5.41, 5.74) is 0.864. The molecule has 1 amide bonds. The largest absolute Gasteiger partial charge is 0.395 e. The number of hydrogen-bond acceptors (Lipinski definition) is 4. The Labute approximate surface area is 164 Å². The fourth-order valence-electron chi connectivity index (χ4n) is 4.58. The molecule has 1 aliphatic heterocycles. The molecule has 2 aromatic rings. The summed E-state index contributed by atoms with van der Waals surface area (Å²) in [6, 6.07) is 6.52. The Morgan fingerprint density at radius 2 is 2.07 bits per heavy atom. The molecule has 2 N–H and O–H groups in total. The summed E-state index contributed by atoms with van der Waals surface area (Å²) in [5, 5.41) is 17.1. The standard InChI is InChI=1S/C21H27FN4O2/c22-16-6-4-5-15(9-16)21(28)24-17-11-23-26(12-17)19-10-20(14-27)25(13-19)18-7-2-1-3-8-18/h4-6,9,11-12,18-20,27H,1-3,7-8,10,13-14H2,(H,24,28)/t19-,20-/m0/s1. The maximum absolute atomic E-state index is 13.3. The number of nitrogens with one attached hydrogen (secondary N) is 1. The number of carbonyl (C=O) groups is 1. The normalized spacial score (nSPS) is 23.8. The number of likely N-dealkylation sites (tertiary alicyclic amines) is 1. The Morgan fingerprint density at radius 1 is 1.25 bits per heavy atom. The quantitative estimate of drug-likeness (QED) is 0.828. The second-order valence-corrected chi connectivity index (χ2v) is 7.89. The van der Waals surface area contributed by atoms with Crippen LogP contribution in [0.25, 0.3) is 0 Å². The van der Waals surface area contributed by atoms with E-state index in [0.717, 1.165) is 13.0 Å². The van der Waals surface area contributed by atoms with Gasteiger partial charge in [-0.25, -0.2) is 4.39 Å². The summed E-state index contributed by atoms with van der Waals surface area (Å²) in [6.07, 6.45) is 10.5. The van der Waals surface area contributed by atoms with Crippen molar-refractivity contribution in [2.24, 2.45) is 0 Å². The second kappa shape index (κ2) is 8.41. The van der Waals surface area contributed by atoms with Crippen molar-refractivity contribution in [1.29, 1.82) is 0 Å². The van der Waals surface area contributed by atoms with Gasteiger partial charge >= 0.3 is 0 Å². The number of amides is 1. The predicted molar refractivity (Wildman–Crippen MR) is 105 cm³/mol. The van der Waals surface area contributed by atoms with Gasteiger partial charge in [0.1, 0.15) is 5.82 Å².